The van der Waals surface area contributed by atoms with Gasteiger partial charge in [0.05, 0.1) is 12.2 Å². The molecule has 1 aliphatic heterocycles. The molecular formula is C22H25N5O2S. The Morgan fingerprint density at radius 1 is 1.20 bits per heavy atom. The van der Waals surface area contributed by atoms with Gasteiger partial charge >= 0.3 is 0 Å². The molecule has 0 atom stereocenters. The molecule has 2 N–H and O–H groups in total. The number of aromatic nitrogens is 3. The fourth-order valence-corrected chi connectivity index (χ4v) is 4.67. The number of hydrogen-bond acceptors (Lipinski definition) is 5. The second-order valence-electron chi connectivity index (χ2n) is 7.64. The van der Waals surface area contributed by atoms with E-state index in [1.165, 1.54) is 15.3 Å². The number of thiophene rings is 1. The number of amides is 2. The van der Waals surface area contributed by atoms with Crippen molar-refractivity contribution in [3.8, 4) is 11.3 Å². The maximum Gasteiger partial charge on any atom is 0.271 e. The van der Waals surface area contributed by atoms with Crippen molar-refractivity contribution in [3.05, 3.63) is 57.7 Å². The number of pyridine rings is 1. The van der Waals surface area contributed by atoms with Crippen LogP contribution in [-0.4, -0.2) is 45.0 Å². The van der Waals surface area contributed by atoms with Gasteiger partial charge in [0.1, 0.15) is 5.69 Å². The fraction of sp³-hybridized carbons (Fsp3) is 0.364. The molecule has 156 valence electrons. The van der Waals surface area contributed by atoms with Crippen LogP contribution < -0.4 is 5.32 Å². The maximum absolute atomic E-state index is 12.8. The number of hydrogen-bond donors (Lipinski definition) is 2. The van der Waals surface area contributed by atoms with E-state index in [0.29, 0.717) is 43.9 Å². The van der Waals surface area contributed by atoms with Crippen LogP contribution in [0, 0.1) is 19.8 Å². The van der Waals surface area contributed by atoms with Crippen LogP contribution in [0.3, 0.4) is 0 Å². The molecule has 0 spiro atoms. The van der Waals surface area contributed by atoms with Crippen LogP contribution in [0.1, 0.15) is 38.6 Å². The Bertz CT molecular complexity index is 1020. The van der Waals surface area contributed by atoms with Gasteiger partial charge < -0.3 is 10.2 Å². The standard InChI is InChI=1S/C22H25N5O2S/c1-14-11-18(30-15(14)2)13-24-21(28)17-5-9-27(10-6-17)22(29)20-12-19(25-26-20)16-3-7-23-8-4-16/h3-4,7-8,11-12,17H,5-6,9-10,13H2,1-2H3,(H,24,28)(H,25,26). The van der Waals surface area contributed by atoms with Crippen molar-refractivity contribution in [1.29, 1.82) is 0 Å². The van der Waals surface area contributed by atoms with Gasteiger partial charge in [-0.2, -0.15) is 5.10 Å². The zero-order valence-corrected chi connectivity index (χ0v) is 18.0. The largest absolute Gasteiger partial charge is 0.351 e. The number of rotatable bonds is 5. The summed E-state index contributed by atoms with van der Waals surface area (Å²) in [4.78, 5) is 33.6. The molecule has 0 saturated carbocycles. The van der Waals surface area contributed by atoms with E-state index >= 15 is 0 Å². The molecule has 2 amide bonds. The number of aryl methyl sites for hydroxylation is 2. The van der Waals surface area contributed by atoms with Crippen LogP contribution in [0.4, 0.5) is 0 Å². The lowest BCUT2D eigenvalue weighted by atomic mass is 9.95. The molecular weight excluding hydrogens is 398 g/mol. The average molecular weight is 424 g/mol. The van der Waals surface area contributed by atoms with Crippen LogP contribution in [0.5, 0.6) is 0 Å². The van der Waals surface area contributed by atoms with Gasteiger partial charge in [0.2, 0.25) is 5.91 Å². The lowest BCUT2D eigenvalue weighted by Gasteiger charge is -2.31. The predicted octanol–water partition coefficient (Wildman–Crippen LogP) is 3.32. The first-order valence-electron chi connectivity index (χ1n) is 10.1. The number of likely N-dealkylation sites (tertiary alicyclic amines) is 1. The summed E-state index contributed by atoms with van der Waals surface area (Å²) in [6, 6.07) is 7.61. The Morgan fingerprint density at radius 2 is 1.93 bits per heavy atom. The number of nitrogens with one attached hydrogen (secondary N) is 2. The van der Waals surface area contributed by atoms with E-state index in [1.807, 2.05) is 12.1 Å². The van der Waals surface area contributed by atoms with Crippen LogP contribution in [0.2, 0.25) is 0 Å². The number of carbonyl (C=O) groups is 2. The van der Waals surface area contributed by atoms with Gasteiger partial charge in [-0.1, -0.05) is 0 Å². The van der Waals surface area contributed by atoms with Gasteiger partial charge in [-0.15, -0.1) is 11.3 Å². The quantitative estimate of drug-likeness (QED) is 0.659. The summed E-state index contributed by atoms with van der Waals surface area (Å²) >= 11 is 1.72. The van der Waals surface area contributed by atoms with E-state index in [0.717, 1.165) is 5.56 Å². The maximum atomic E-state index is 12.8. The minimum atomic E-state index is -0.0776. The van der Waals surface area contributed by atoms with Crippen LogP contribution >= 0.6 is 11.3 Å². The van der Waals surface area contributed by atoms with Crippen LogP contribution in [0.15, 0.2) is 36.7 Å². The van der Waals surface area contributed by atoms with Crippen molar-refractivity contribution in [2.24, 2.45) is 5.92 Å². The second kappa shape index (κ2) is 8.79. The molecule has 3 aromatic heterocycles. The lowest BCUT2D eigenvalue weighted by Crippen LogP contribution is -2.43. The summed E-state index contributed by atoms with van der Waals surface area (Å²) in [5.41, 5.74) is 3.36. The Kier molecular flexibility index (Phi) is 5.94. The number of carbonyl (C=O) groups excluding carboxylic acids is 2. The van der Waals surface area contributed by atoms with E-state index in [1.54, 1.807) is 34.7 Å². The average Bonchev–Trinajstić information content (AvgIpc) is 3.39. The highest BCUT2D eigenvalue weighted by molar-refractivity contribution is 7.12. The molecule has 0 bridgehead atoms. The summed E-state index contributed by atoms with van der Waals surface area (Å²) in [6.45, 7) is 5.89. The van der Waals surface area contributed by atoms with Gasteiger partial charge in [-0.3, -0.25) is 19.7 Å². The zero-order chi connectivity index (χ0) is 21.1. The predicted molar refractivity (Wildman–Crippen MR) is 116 cm³/mol. The summed E-state index contributed by atoms with van der Waals surface area (Å²) < 4.78 is 0. The van der Waals surface area contributed by atoms with Crippen molar-refractivity contribution < 1.29 is 9.59 Å². The van der Waals surface area contributed by atoms with E-state index in [9.17, 15) is 9.59 Å². The number of nitrogens with zero attached hydrogens (tertiary/aromatic N) is 3. The topological polar surface area (TPSA) is 91.0 Å². The molecule has 3 aromatic rings. The minimum Gasteiger partial charge on any atom is -0.351 e. The molecule has 4 heterocycles. The third kappa shape index (κ3) is 4.43. The monoisotopic (exact) mass is 423 g/mol. The SMILES string of the molecule is Cc1cc(CNC(=O)C2CCN(C(=O)c3cc(-c4ccncc4)n[nH]3)CC2)sc1C. The second-order valence-corrected chi connectivity index (χ2v) is 8.98. The smallest absolute Gasteiger partial charge is 0.271 e. The van der Waals surface area contributed by atoms with E-state index in [4.69, 9.17) is 0 Å². The third-order valence-corrected chi connectivity index (χ3v) is 6.74. The van der Waals surface area contributed by atoms with Crippen LogP contribution in [0.25, 0.3) is 11.3 Å². The molecule has 0 aromatic carbocycles. The summed E-state index contributed by atoms with van der Waals surface area (Å²) in [5.74, 6) is -0.0520. The van der Waals surface area contributed by atoms with Crippen molar-refractivity contribution >= 4 is 23.2 Å². The van der Waals surface area contributed by atoms with E-state index in [2.05, 4.69) is 40.4 Å². The van der Waals surface area contributed by atoms with Crippen molar-refractivity contribution in [1.82, 2.24) is 25.4 Å². The van der Waals surface area contributed by atoms with Gasteiger partial charge in [0, 0.05) is 46.7 Å². The molecule has 8 heteroatoms. The Labute approximate surface area is 179 Å². The lowest BCUT2D eigenvalue weighted by molar-refractivity contribution is -0.126. The van der Waals surface area contributed by atoms with E-state index in [-0.39, 0.29) is 17.7 Å². The van der Waals surface area contributed by atoms with Gasteiger partial charge in [-0.25, -0.2) is 0 Å². The first-order chi connectivity index (χ1) is 14.5. The highest BCUT2D eigenvalue weighted by Crippen LogP contribution is 2.23. The summed E-state index contributed by atoms with van der Waals surface area (Å²) in [6.07, 6.45) is 4.74. The fourth-order valence-electron chi connectivity index (χ4n) is 3.67. The molecule has 30 heavy (non-hydrogen) atoms. The Morgan fingerprint density at radius 3 is 2.60 bits per heavy atom. The third-order valence-electron chi connectivity index (χ3n) is 5.59. The highest BCUT2D eigenvalue weighted by Gasteiger charge is 2.28. The van der Waals surface area contributed by atoms with E-state index < -0.39 is 0 Å². The highest BCUT2D eigenvalue weighted by atomic mass is 32.1. The number of aromatic amines is 1. The molecule has 0 aliphatic carbocycles. The molecule has 7 nitrogen and oxygen atoms in total. The molecule has 0 unspecified atom stereocenters. The van der Waals surface area contributed by atoms with Gasteiger partial charge in [-0.05, 0) is 56.5 Å². The van der Waals surface area contributed by atoms with Crippen LogP contribution in [-0.2, 0) is 11.3 Å². The van der Waals surface area contributed by atoms with Crippen molar-refractivity contribution in [2.45, 2.75) is 33.2 Å². The first-order valence-corrected chi connectivity index (χ1v) is 10.9. The number of piperidine rings is 1. The molecule has 1 aliphatic rings. The van der Waals surface area contributed by atoms with Crippen molar-refractivity contribution in [2.75, 3.05) is 13.1 Å². The molecule has 1 saturated heterocycles. The number of H-pyrrole nitrogens is 1. The zero-order valence-electron chi connectivity index (χ0n) is 17.1. The summed E-state index contributed by atoms with van der Waals surface area (Å²) in [5, 5.41) is 10.1. The Hall–Kier alpha value is -3.00. The molecule has 0 radical (unpaired) electrons. The molecule has 4 rings (SSSR count). The first kappa shape index (κ1) is 20.3. The van der Waals surface area contributed by atoms with Crippen molar-refractivity contribution in [3.63, 3.8) is 0 Å². The van der Waals surface area contributed by atoms with Gasteiger partial charge in [0.25, 0.3) is 5.91 Å². The molecule has 1 fully saturated rings. The minimum absolute atomic E-state index is 0.0506. The normalized spacial score (nSPS) is 14.7. The summed E-state index contributed by atoms with van der Waals surface area (Å²) in [7, 11) is 0. The van der Waals surface area contributed by atoms with Gasteiger partial charge in [0.15, 0.2) is 0 Å². The Balaban J connectivity index is 1.29.